The van der Waals surface area contributed by atoms with E-state index in [0.717, 1.165) is 30.6 Å². The number of benzene rings is 1. The fraction of sp³-hybridized carbons (Fsp3) is 0.571. The van der Waals surface area contributed by atoms with Crippen molar-refractivity contribution in [1.29, 1.82) is 0 Å². The fourth-order valence-corrected chi connectivity index (χ4v) is 2.55. The van der Waals surface area contributed by atoms with Gasteiger partial charge in [0.15, 0.2) is 6.61 Å². The predicted octanol–water partition coefficient (Wildman–Crippen LogP) is 2.42. The van der Waals surface area contributed by atoms with E-state index >= 15 is 0 Å². The molecule has 20 heavy (non-hydrogen) atoms. The third-order valence-corrected chi connectivity index (χ3v) is 3.41. The zero-order valence-electron chi connectivity index (χ0n) is 11.4. The smallest absolute Gasteiger partial charge is 0.422 e. The molecule has 3 nitrogen and oxygen atoms in total. The van der Waals surface area contributed by atoms with Crippen LogP contribution in [0.5, 0.6) is 5.75 Å². The van der Waals surface area contributed by atoms with Crippen LogP contribution in [0, 0.1) is 0 Å². The fourth-order valence-electron chi connectivity index (χ4n) is 2.55. The zero-order valence-corrected chi connectivity index (χ0v) is 11.4. The highest BCUT2D eigenvalue weighted by Gasteiger charge is 2.29. The SMILES string of the molecule is CNCc1c(OCC(F)(F)F)cccc1[C@H]1CCNC1. The molecule has 0 aliphatic carbocycles. The van der Waals surface area contributed by atoms with E-state index < -0.39 is 12.8 Å². The average Bonchev–Trinajstić information content (AvgIpc) is 2.90. The Morgan fingerprint density at radius 3 is 2.80 bits per heavy atom. The molecule has 0 spiro atoms. The number of rotatable bonds is 5. The second-order valence-electron chi connectivity index (χ2n) is 4.95. The number of alkyl halides is 3. The van der Waals surface area contributed by atoms with Crippen molar-refractivity contribution in [2.24, 2.45) is 0 Å². The van der Waals surface area contributed by atoms with Gasteiger partial charge in [0.25, 0.3) is 0 Å². The van der Waals surface area contributed by atoms with Crippen molar-refractivity contribution in [2.45, 2.75) is 25.1 Å². The Labute approximate surface area is 116 Å². The summed E-state index contributed by atoms with van der Waals surface area (Å²) in [5.41, 5.74) is 1.90. The van der Waals surface area contributed by atoms with Gasteiger partial charge in [-0.25, -0.2) is 0 Å². The van der Waals surface area contributed by atoms with Gasteiger partial charge in [0, 0.05) is 18.7 Å². The first-order chi connectivity index (χ1) is 9.51. The van der Waals surface area contributed by atoms with Crippen LogP contribution < -0.4 is 15.4 Å². The third kappa shape index (κ3) is 3.86. The van der Waals surface area contributed by atoms with Gasteiger partial charge < -0.3 is 15.4 Å². The molecule has 0 bridgehead atoms. The van der Waals surface area contributed by atoms with Crippen molar-refractivity contribution < 1.29 is 17.9 Å². The molecule has 1 aliphatic rings. The van der Waals surface area contributed by atoms with Crippen LogP contribution in [0.4, 0.5) is 13.2 Å². The van der Waals surface area contributed by atoms with Crippen LogP contribution in [0.1, 0.15) is 23.5 Å². The summed E-state index contributed by atoms with van der Waals surface area (Å²) in [6.45, 7) is 1.05. The largest absolute Gasteiger partial charge is 0.484 e. The van der Waals surface area contributed by atoms with Crippen molar-refractivity contribution in [3.8, 4) is 5.75 Å². The van der Waals surface area contributed by atoms with Crippen molar-refractivity contribution in [2.75, 3.05) is 26.7 Å². The van der Waals surface area contributed by atoms with E-state index in [-0.39, 0.29) is 0 Å². The summed E-state index contributed by atoms with van der Waals surface area (Å²) in [6.07, 6.45) is -3.32. The summed E-state index contributed by atoms with van der Waals surface area (Å²) in [7, 11) is 1.78. The number of hydrogen-bond acceptors (Lipinski definition) is 3. The Kier molecular flexibility index (Phi) is 4.88. The van der Waals surface area contributed by atoms with E-state index in [1.165, 1.54) is 0 Å². The minimum Gasteiger partial charge on any atom is -0.484 e. The van der Waals surface area contributed by atoms with Crippen molar-refractivity contribution in [3.63, 3.8) is 0 Å². The molecule has 0 amide bonds. The minimum atomic E-state index is -4.32. The number of ether oxygens (including phenoxy) is 1. The Bertz CT molecular complexity index is 443. The van der Waals surface area contributed by atoms with Gasteiger partial charge in [-0.1, -0.05) is 12.1 Å². The molecule has 112 valence electrons. The molecule has 1 saturated heterocycles. The summed E-state index contributed by atoms with van der Waals surface area (Å²) >= 11 is 0. The van der Waals surface area contributed by atoms with Crippen LogP contribution in [0.15, 0.2) is 18.2 Å². The average molecular weight is 288 g/mol. The van der Waals surface area contributed by atoms with E-state index in [2.05, 4.69) is 10.6 Å². The second-order valence-corrected chi connectivity index (χ2v) is 4.95. The molecule has 1 aromatic carbocycles. The zero-order chi connectivity index (χ0) is 14.6. The van der Waals surface area contributed by atoms with Crippen LogP contribution in [0.2, 0.25) is 0 Å². The first kappa shape index (κ1) is 15.1. The molecule has 2 rings (SSSR count). The Balaban J connectivity index is 2.23. The molecule has 6 heteroatoms. The highest BCUT2D eigenvalue weighted by atomic mass is 19.4. The van der Waals surface area contributed by atoms with E-state index in [4.69, 9.17) is 4.74 Å². The van der Waals surface area contributed by atoms with Crippen molar-refractivity contribution in [1.82, 2.24) is 10.6 Å². The predicted molar refractivity (Wildman–Crippen MR) is 71.0 cm³/mol. The normalized spacial score (nSPS) is 19.3. The van der Waals surface area contributed by atoms with Crippen LogP contribution in [-0.2, 0) is 6.54 Å². The van der Waals surface area contributed by atoms with E-state index in [0.29, 0.717) is 18.2 Å². The Hall–Kier alpha value is -1.27. The molecule has 0 radical (unpaired) electrons. The summed E-state index contributed by atoms with van der Waals surface area (Å²) in [4.78, 5) is 0. The van der Waals surface area contributed by atoms with Crippen LogP contribution >= 0.6 is 0 Å². The minimum absolute atomic E-state index is 0.320. The Morgan fingerprint density at radius 2 is 2.20 bits per heavy atom. The van der Waals surface area contributed by atoms with E-state index in [1.54, 1.807) is 19.2 Å². The summed E-state index contributed by atoms with van der Waals surface area (Å²) in [5.74, 6) is 0.661. The lowest BCUT2D eigenvalue weighted by Crippen LogP contribution is -2.21. The molecular formula is C14H19F3N2O. The molecule has 1 aromatic rings. The quantitative estimate of drug-likeness (QED) is 0.873. The second kappa shape index (κ2) is 6.45. The lowest BCUT2D eigenvalue weighted by molar-refractivity contribution is -0.153. The number of halogens is 3. The molecule has 1 fully saturated rings. The highest BCUT2D eigenvalue weighted by molar-refractivity contribution is 5.42. The first-order valence-corrected chi connectivity index (χ1v) is 6.68. The molecule has 2 N–H and O–H groups in total. The van der Waals surface area contributed by atoms with Gasteiger partial charge in [-0.3, -0.25) is 0 Å². The van der Waals surface area contributed by atoms with Crippen molar-refractivity contribution >= 4 is 0 Å². The van der Waals surface area contributed by atoms with E-state index in [1.807, 2.05) is 6.07 Å². The maximum absolute atomic E-state index is 12.3. The molecule has 1 aliphatic heterocycles. The summed E-state index contributed by atoms with van der Waals surface area (Å²) < 4.78 is 41.9. The van der Waals surface area contributed by atoms with Gasteiger partial charge in [-0.2, -0.15) is 13.2 Å². The summed E-state index contributed by atoms with van der Waals surface area (Å²) in [6, 6.07) is 5.34. The number of hydrogen-bond donors (Lipinski definition) is 2. The van der Waals surface area contributed by atoms with Crippen LogP contribution in [-0.4, -0.2) is 32.9 Å². The molecule has 0 saturated carbocycles. The maximum Gasteiger partial charge on any atom is 0.422 e. The monoisotopic (exact) mass is 288 g/mol. The first-order valence-electron chi connectivity index (χ1n) is 6.68. The van der Waals surface area contributed by atoms with Gasteiger partial charge in [0.05, 0.1) is 0 Å². The molecule has 1 atom stereocenters. The summed E-state index contributed by atoms with van der Waals surface area (Å²) in [5, 5.41) is 6.28. The van der Waals surface area contributed by atoms with Crippen molar-refractivity contribution in [3.05, 3.63) is 29.3 Å². The Morgan fingerprint density at radius 1 is 1.40 bits per heavy atom. The topological polar surface area (TPSA) is 33.3 Å². The van der Waals surface area contributed by atoms with Gasteiger partial charge in [-0.05, 0) is 37.6 Å². The third-order valence-electron chi connectivity index (χ3n) is 3.41. The van der Waals surface area contributed by atoms with Gasteiger partial charge >= 0.3 is 6.18 Å². The standard InChI is InChI=1S/C14H19F3N2O/c1-18-8-12-11(10-5-6-19-7-10)3-2-4-13(12)20-9-14(15,16)17/h2-4,10,18-19H,5-9H2,1H3/t10-/m0/s1. The van der Waals surface area contributed by atoms with E-state index in [9.17, 15) is 13.2 Å². The lowest BCUT2D eigenvalue weighted by atomic mass is 9.93. The highest BCUT2D eigenvalue weighted by Crippen LogP contribution is 2.32. The van der Waals surface area contributed by atoms with Gasteiger partial charge in [-0.15, -0.1) is 0 Å². The van der Waals surface area contributed by atoms with Gasteiger partial charge in [0.1, 0.15) is 5.75 Å². The van der Waals surface area contributed by atoms with Crippen LogP contribution in [0.3, 0.4) is 0 Å². The maximum atomic E-state index is 12.3. The lowest BCUT2D eigenvalue weighted by Gasteiger charge is -2.19. The van der Waals surface area contributed by atoms with Gasteiger partial charge in [0.2, 0.25) is 0 Å². The molecule has 0 aromatic heterocycles. The molecule has 0 unspecified atom stereocenters. The number of nitrogens with one attached hydrogen (secondary N) is 2. The molecular weight excluding hydrogens is 269 g/mol. The molecule has 1 heterocycles. The van der Waals surface area contributed by atoms with Crippen LogP contribution in [0.25, 0.3) is 0 Å².